The van der Waals surface area contributed by atoms with E-state index in [9.17, 15) is 0 Å². The molecule has 1 saturated heterocycles. The summed E-state index contributed by atoms with van der Waals surface area (Å²) in [4.78, 5) is 13.0. The van der Waals surface area contributed by atoms with Crippen LogP contribution in [0.1, 0.15) is 36.6 Å². The molecule has 1 aromatic carbocycles. The maximum absolute atomic E-state index is 5.45. The van der Waals surface area contributed by atoms with Crippen molar-refractivity contribution in [1.29, 1.82) is 0 Å². The lowest BCUT2D eigenvalue weighted by Gasteiger charge is -2.24. The van der Waals surface area contributed by atoms with Crippen molar-refractivity contribution >= 4 is 22.8 Å². The van der Waals surface area contributed by atoms with Gasteiger partial charge in [-0.3, -0.25) is 0 Å². The predicted molar refractivity (Wildman–Crippen MR) is 84.3 cm³/mol. The molecule has 3 rings (SSSR count). The van der Waals surface area contributed by atoms with Crippen LogP contribution in [0.5, 0.6) is 0 Å². The van der Waals surface area contributed by atoms with Gasteiger partial charge in [-0.2, -0.15) is 4.99 Å². The second-order valence-electron chi connectivity index (χ2n) is 5.47. The minimum absolute atomic E-state index is 0.0241. The molecule has 6 nitrogen and oxygen atoms in total. The molecule has 0 radical (unpaired) electrons. The number of hydrogen-bond donors (Lipinski definition) is 3. The van der Waals surface area contributed by atoms with Crippen molar-refractivity contribution in [2.45, 2.75) is 32.2 Å². The molecule has 1 aromatic heterocycles. The Morgan fingerprint density at radius 2 is 2.14 bits per heavy atom. The molecular weight excluding hydrogens is 264 g/mol. The molecule has 0 aliphatic carbocycles. The van der Waals surface area contributed by atoms with Crippen LogP contribution in [0.2, 0.25) is 0 Å². The van der Waals surface area contributed by atoms with E-state index in [1.807, 2.05) is 12.1 Å². The van der Waals surface area contributed by atoms with E-state index in [0.29, 0.717) is 5.95 Å². The van der Waals surface area contributed by atoms with E-state index in [1.165, 1.54) is 18.4 Å². The molecule has 0 bridgehead atoms. The van der Waals surface area contributed by atoms with Gasteiger partial charge >= 0.3 is 0 Å². The molecule has 21 heavy (non-hydrogen) atoms. The van der Waals surface area contributed by atoms with E-state index < -0.39 is 0 Å². The average molecular weight is 284 g/mol. The summed E-state index contributed by atoms with van der Waals surface area (Å²) in [5.74, 6) is 0.303. The highest BCUT2D eigenvalue weighted by molar-refractivity contribution is 5.84. The van der Waals surface area contributed by atoms with Gasteiger partial charge in [0.2, 0.25) is 0 Å². The van der Waals surface area contributed by atoms with E-state index in [4.69, 9.17) is 11.5 Å². The number of guanidine groups is 1. The molecule has 5 N–H and O–H groups in total. The molecule has 1 atom stereocenters. The Hall–Kier alpha value is -2.21. The summed E-state index contributed by atoms with van der Waals surface area (Å²) in [5, 5.41) is 4.60. The second-order valence-corrected chi connectivity index (χ2v) is 5.47. The number of aryl methyl sites for hydroxylation is 1. The first kappa shape index (κ1) is 13.8. The van der Waals surface area contributed by atoms with Crippen LogP contribution in [0.15, 0.2) is 23.2 Å². The summed E-state index contributed by atoms with van der Waals surface area (Å²) in [6.45, 7) is 3.08. The van der Waals surface area contributed by atoms with Gasteiger partial charge in [0.05, 0.1) is 17.3 Å². The van der Waals surface area contributed by atoms with Gasteiger partial charge in [0.1, 0.15) is 0 Å². The van der Waals surface area contributed by atoms with Gasteiger partial charge in [-0.05, 0) is 38.4 Å². The zero-order valence-corrected chi connectivity index (χ0v) is 12.1. The van der Waals surface area contributed by atoms with Crippen LogP contribution in [-0.4, -0.2) is 22.5 Å². The summed E-state index contributed by atoms with van der Waals surface area (Å²) in [7, 11) is 0. The lowest BCUT2D eigenvalue weighted by molar-refractivity contribution is 0.407. The molecular formula is C15H20N6. The van der Waals surface area contributed by atoms with Crippen molar-refractivity contribution in [2.24, 2.45) is 16.5 Å². The number of fused-ring (bicyclic) bond motifs is 1. The Balaban J connectivity index is 2.17. The van der Waals surface area contributed by atoms with Crippen molar-refractivity contribution < 1.29 is 0 Å². The van der Waals surface area contributed by atoms with Gasteiger partial charge in [-0.15, -0.1) is 0 Å². The van der Waals surface area contributed by atoms with Crippen molar-refractivity contribution in [1.82, 2.24) is 15.3 Å². The van der Waals surface area contributed by atoms with Gasteiger partial charge in [0.15, 0.2) is 5.96 Å². The number of benzene rings is 1. The molecule has 2 heterocycles. The van der Waals surface area contributed by atoms with Crippen molar-refractivity contribution in [3.8, 4) is 0 Å². The number of aromatic nitrogens is 2. The van der Waals surface area contributed by atoms with E-state index in [2.05, 4.69) is 33.3 Å². The molecule has 6 heteroatoms. The van der Waals surface area contributed by atoms with E-state index in [1.54, 1.807) is 0 Å². The minimum Gasteiger partial charge on any atom is -0.370 e. The second kappa shape index (κ2) is 5.65. The normalized spacial score (nSPS) is 18.6. The van der Waals surface area contributed by atoms with Gasteiger partial charge in [0.25, 0.3) is 5.95 Å². The summed E-state index contributed by atoms with van der Waals surface area (Å²) >= 11 is 0. The van der Waals surface area contributed by atoms with Crippen LogP contribution < -0.4 is 16.8 Å². The van der Waals surface area contributed by atoms with Crippen LogP contribution in [0.3, 0.4) is 0 Å². The summed E-state index contributed by atoms with van der Waals surface area (Å²) in [6.07, 6.45) is 3.48. The van der Waals surface area contributed by atoms with Crippen LogP contribution in [0.25, 0.3) is 10.9 Å². The number of nitrogens with two attached hydrogens (primary N) is 2. The van der Waals surface area contributed by atoms with Crippen LogP contribution in [-0.2, 0) is 0 Å². The Morgan fingerprint density at radius 3 is 2.86 bits per heavy atom. The van der Waals surface area contributed by atoms with E-state index in [-0.39, 0.29) is 12.0 Å². The van der Waals surface area contributed by atoms with Crippen LogP contribution in [0, 0.1) is 6.92 Å². The number of hydrogen-bond acceptors (Lipinski definition) is 4. The van der Waals surface area contributed by atoms with E-state index >= 15 is 0 Å². The molecule has 110 valence electrons. The van der Waals surface area contributed by atoms with Crippen molar-refractivity contribution in [2.75, 3.05) is 6.54 Å². The molecule has 0 spiro atoms. The lowest BCUT2D eigenvalue weighted by atomic mass is 9.98. The maximum atomic E-state index is 5.45. The molecule has 0 saturated carbocycles. The van der Waals surface area contributed by atoms with E-state index in [0.717, 1.165) is 29.6 Å². The first-order valence-corrected chi connectivity index (χ1v) is 7.25. The Labute approximate surface area is 123 Å². The first-order valence-electron chi connectivity index (χ1n) is 7.25. The predicted octanol–water partition coefficient (Wildman–Crippen LogP) is 1.66. The van der Waals surface area contributed by atoms with Gasteiger partial charge in [-0.1, -0.05) is 18.1 Å². The first-order chi connectivity index (χ1) is 10.1. The highest BCUT2D eigenvalue weighted by atomic mass is 15.1. The minimum atomic E-state index is -0.0241. The number of rotatable bonds is 2. The number of nitrogens with zero attached hydrogens (tertiary/aromatic N) is 3. The molecule has 0 amide bonds. The van der Waals surface area contributed by atoms with Crippen LogP contribution in [0.4, 0.5) is 5.95 Å². The summed E-state index contributed by atoms with van der Waals surface area (Å²) in [6, 6.07) is 6.39. The summed E-state index contributed by atoms with van der Waals surface area (Å²) in [5.41, 5.74) is 14.0. The molecule has 2 aromatic rings. The molecule has 1 fully saturated rings. The average Bonchev–Trinajstić information content (AvgIpc) is 2.47. The standard InChI is InChI=1S/C15H20N6/c1-9-5-6-11-10(8-9)13(12-4-2-3-7-18-12)20-15(19-11)21-14(16)17/h5-6,8,12,18H,2-4,7H2,1H3,(H4,16,17,19,20,21). The summed E-state index contributed by atoms with van der Waals surface area (Å²) < 4.78 is 0. The largest absolute Gasteiger partial charge is 0.370 e. The Kier molecular flexibility index (Phi) is 3.70. The number of aliphatic imine (C=N–C) groups is 1. The van der Waals surface area contributed by atoms with Crippen molar-refractivity contribution in [3.05, 3.63) is 29.5 Å². The highest BCUT2D eigenvalue weighted by Crippen LogP contribution is 2.29. The third kappa shape index (κ3) is 2.95. The fourth-order valence-electron chi connectivity index (χ4n) is 2.77. The lowest BCUT2D eigenvalue weighted by Crippen LogP contribution is -2.28. The van der Waals surface area contributed by atoms with Gasteiger partial charge in [-0.25, -0.2) is 9.97 Å². The zero-order chi connectivity index (χ0) is 14.8. The quantitative estimate of drug-likeness (QED) is 0.575. The third-order valence-corrected chi connectivity index (χ3v) is 3.74. The molecule has 1 aliphatic rings. The maximum Gasteiger partial charge on any atom is 0.253 e. The van der Waals surface area contributed by atoms with Crippen LogP contribution >= 0.6 is 0 Å². The van der Waals surface area contributed by atoms with Gasteiger partial charge in [0, 0.05) is 5.39 Å². The van der Waals surface area contributed by atoms with Gasteiger partial charge < -0.3 is 16.8 Å². The Morgan fingerprint density at radius 1 is 1.29 bits per heavy atom. The third-order valence-electron chi connectivity index (χ3n) is 3.74. The topological polar surface area (TPSA) is 102 Å². The SMILES string of the molecule is Cc1ccc2nc(N=C(N)N)nc(C3CCCCN3)c2c1. The van der Waals surface area contributed by atoms with Crippen molar-refractivity contribution in [3.63, 3.8) is 0 Å². The molecule has 1 unspecified atom stereocenters. The highest BCUT2D eigenvalue weighted by Gasteiger charge is 2.20. The number of piperidine rings is 1. The number of nitrogens with one attached hydrogen (secondary N) is 1. The zero-order valence-electron chi connectivity index (χ0n) is 12.1. The fraction of sp³-hybridized carbons (Fsp3) is 0.400. The smallest absolute Gasteiger partial charge is 0.253 e. The Bertz CT molecular complexity index is 684. The molecule has 1 aliphatic heterocycles. The fourth-order valence-corrected chi connectivity index (χ4v) is 2.77. The monoisotopic (exact) mass is 284 g/mol.